The van der Waals surface area contributed by atoms with Gasteiger partial charge in [0.1, 0.15) is 5.41 Å². The van der Waals surface area contributed by atoms with Crippen LogP contribution in [0, 0.1) is 23.2 Å². The van der Waals surface area contributed by atoms with E-state index in [2.05, 4.69) is 16.7 Å². The van der Waals surface area contributed by atoms with Crippen molar-refractivity contribution in [3.63, 3.8) is 0 Å². The molecule has 4 rings (SSSR count). The van der Waals surface area contributed by atoms with Gasteiger partial charge in [0.05, 0.1) is 12.5 Å². The van der Waals surface area contributed by atoms with Crippen LogP contribution in [-0.4, -0.2) is 36.6 Å². The maximum atomic E-state index is 12.4. The molecule has 3 heteroatoms. The first-order valence-electron chi connectivity index (χ1n) is 7.78. The molecule has 0 radical (unpaired) electrons. The summed E-state index contributed by atoms with van der Waals surface area (Å²) < 4.78 is 5.35. The van der Waals surface area contributed by atoms with E-state index in [0.717, 1.165) is 31.5 Å². The van der Waals surface area contributed by atoms with Crippen LogP contribution < -0.4 is 0 Å². The minimum Gasteiger partial charge on any atom is -0.465 e. The fraction of sp³-hybridized carbons (Fsp3) is 0.500. The zero-order chi connectivity index (χ0) is 14.3. The maximum absolute atomic E-state index is 12.4. The molecule has 0 saturated carbocycles. The number of cyclic esters (lactones) is 1. The fourth-order valence-electron chi connectivity index (χ4n) is 4.29. The Bertz CT molecular complexity index is 615. The van der Waals surface area contributed by atoms with Gasteiger partial charge in [-0.25, -0.2) is 0 Å². The topological polar surface area (TPSA) is 29.5 Å². The molecule has 21 heavy (non-hydrogen) atoms. The van der Waals surface area contributed by atoms with E-state index in [9.17, 15) is 4.79 Å². The minimum absolute atomic E-state index is 0.00994. The lowest BCUT2D eigenvalue weighted by atomic mass is 9.71. The van der Waals surface area contributed by atoms with Crippen molar-refractivity contribution in [2.24, 2.45) is 11.3 Å². The third-order valence-electron chi connectivity index (χ3n) is 5.29. The monoisotopic (exact) mass is 281 g/mol. The first-order chi connectivity index (χ1) is 10.3. The fourth-order valence-corrected chi connectivity index (χ4v) is 4.29. The number of rotatable bonds is 0. The number of carbonyl (C=O) groups excluding carboxylic acids is 1. The Balaban J connectivity index is 1.68. The van der Waals surface area contributed by atoms with Gasteiger partial charge in [-0.05, 0) is 31.5 Å². The van der Waals surface area contributed by atoms with Crippen LogP contribution >= 0.6 is 0 Å². The Morgan fingerprint density at radius 2 is 2.14 bits per heavy atom. The molecule has 0 bridgehead atoms. The van der Waals surface area contributed by atoms with Crippen molar-refractivity contribution in [2.45, 2.75) is 25.3 Å². The van der Waals surface area contributed by atoms with Crippen LogP contribution in [0.4, 0.5) is 0 Å². The number of nitrogens with zero attached hydrogens (tertiary/aromatic N) is 1. The van der Waals surface area contributed by atoms with Crippen LogP contribution in [0.15, 0.2) is 30.3 Å². The zero-order valence-electron chi connectivity index (χ0n) is 12.0. The number of hydrogen-bond donors (Lipinski definition) is 0. The molecule has 1 spiro atoms. The van der Waals surface area contributed by atoms with Crippen LogP contribution in [0.1, 0.15) is 24.8 Å². The van der Waals surface area contributed by atoms with Crippen LogP contribution in [0.3, 0.4) is 0 Å². The first kappa shape index (κ1) is 12.9. The predicted molar refractivity (Wildman–Crippen MR) is 79.4 cm³/mol. The highest BCUT2D eigenvalue weighted by atomic mass is 16.5. The summed E-state index contributed by atoms with van der Waals surface area (Å²) in [4.78, 5) is 14.9. The molecular formula is C18H19NO2. The molecule has 0 amide bonds. The standard InChI is InChI=1S/C18H19NO2/c20-17-18(10-12-21-17)15(13-19-11-4-7-16(18)19)9-8-14-5-2-1-3-6-14/h1-3,5-6,15-16H,4,7,10-13H2/t15-,16+,18-/m0/s1. The second-order valence-electron chi connectivity index (χ2n) is 6.27. The molecule has 0 aromatic heterocycles. The number of benzene rings is 1. The van der Waals surface area contributed by atoms with E-state index in [0.29, 0.717) is 12.6 Å². The summed E-state index contributed by atoms with van der Waals surface area (Å²) in [6.07, 6.45) is 3.14. The van der Waals surface area contributed by atoms with Crippen molar-refractivity contribution in [3.8, 4) is 11.8 Å². The van der Waals surface area contributed by atoms with Crippen LogP contribution in [0.2, 0.25) is 0 Å². The molecular weight excluding hydrogens is 262 g/mol. The second kappa shape index (κ2) is 4.89. The first-order valence-corrected chi connectivity index (χ1v) is 7.78. The van der Waals surface area contributed by atoms with Crippen molar-refractivity contribution in [3.05, 3.63) is 35.9 Å². The van der Waals surface area contributed by atoms with E-state index in [1.807, 2.05) is 30.3 Å². The van der Waals surface area contributed by atoms with Crippen LogP contribution in [-0.2, 0) is 9.53 Å². The molecule has 0 unspecified atom stereocenters. The molecule has 3 nitrogen and oxygen atoms in total. The van der Waals surface area contributed by atoms with Crippen LogP contribution in [0.25, 0.3) is 0 Å². The van der Waals surface area contributed by atoms with Gasteiger partial charge < -0.3 is 4.74 Å². The summed E-state index contributed by atoms with van der Waals surface area (Å²) in [7, 11) is 0. The van der Waals surface area contributed by atoms with Crippen molar-refractivity contribution in [2.75, 3.05) is 19.7 Å². The molecule has 1 aromatic rings. The lowest BCUT2D eigenvalue weighted by molar-refractivity contribution is -0.148. The molecule has 3 saturated heterocycles. The molecule has 3 aliphatic heterocycles. The summed E-state index contributed by atoms with van der Waals surface area (Å²) in [6, 6.07) is 10.4. The average molecular weight is 281 g/mol. The summed E-state index contributed by atoms with van der Waals surface area (Å²) >= 11 is 0. The van der Waals surface area contributed by atoms with Gasteiger partial charge in [-0.2, -0.15) is 0 Å². The molecule has 1 aromatic carbocycles. The molecule has 3 atom stereocenters. The molecule has 108 valence electrons. The molecule has 3 heterocycles. The van der Waals surface area contributed by atoms with Gasteiger partial charge >= 0.3 is 5.97 Å². The molecule has 0 aliphatic carbocycles. The third-order valence-corrected chi connectivity index (χ3v) is 5.29. The van der Waals surface area contributed by atoms with Gasteiger partial charge in [-0.3, -0.25) is 9.69 Å². The Morgan fingerprint density at radius 3 is 2.90 bits per heavy atom. The van der Waals surface area contributed by atoms with Gasteiger partial charge in [-0.1, -0.05) is 30.0 Å². The smallest absolute Gasteiger partial charge is 0.315 e. The maximum Gasteiger partial charge on any atom is 0.315 e. The van der Waals surface area contributed by atoms with Crippen molar-refractivity contribution in [1.29, 1.82) is 0 Å². The van der Waals surface area contributed by atoms with Gasteiger partial charge in [0.25, 0.3) is 0 Å². The Kier molecular flexibility index (Phi) is 3.01. The lowest BCUT2D eigenvalue weighted by Gasteiger charge is -2.28. The quantitative estimate of drug-likeness (QED) is 0.538. The Morgan fingerprint density at radius 1 is 1.29 bits per heavy atom. The highest BCUT2D eigenvalue weighted by molar-refractivity contribution is 5.81. The number of hydrogen-bond acceptors (Lipinski definition) is 3. The number of ether oxygens (including phenoxy) is 1. The highest BCUT2D eigenvalue weighted by Gasteiger charge is 2.62. The molecule has 0 N–H and O–H groups in total. The van der Waals surface area contributed by atoms with Gasteiger partial charge in [0.15, 0.2) is 0 Å². The van der Waals surface area contributed by atoms with Crippen molar-refractivity contribution >= 4 is 5.97 Å². The largest absolute Gasteiger partial charge is 0.465 e. The summed E-state index contributed by atoms with van der Waals surface area (Å²) in [5, 5.41) is 0. The van der Waals surface area contributed by atoms with Gasteiger partial charge in [0.2, 0.25) is 0 Å². The predicted octanol–water partition coefficient (Wildman–Crippen LogP) is 2.07. The third kappa shape index (κ3) is 1.90. The van der Waals surface area contributed by atoms with E-state index >= 15 is 0 Å². The van der Waals surface area contributed by atoms with E-state index in [1.54, 1.807) is 0 Å². The van der Waals surface area contributed by atoms with Crippen LogP contribution in [0.5, 0.6) is 0 Å². The summed E-state index contributed by atoms with van der Waals surface area (Å²) in [6.45, 7) is 2.58. The number of fused-ring (bicyclic) bond motifs is 2. The minimum atomic E-state index is -0.363. The highest BCUT2D eigenvalue weighted by Crippen LogP contribution is 2.51. The molecule has 3 aliphatic rings. The van der Waals surface area contributed by atoms with E-state index in [1.165, 1.54) is 6.42 Å². The van der Waals surface area contributed by atoms with Crippen molar-refractivity contribution in [1.82, 2.24) is 4.90 Å². The summed E-state index contributed by atoms with van der Waals surface area (Å²) in [5.74, 6) is 6.76. The SMILES string of the molecule is O=C1OCC[C@@]12[C@@H](C#Cc1ccccc1)CN1CCC[C@@H]12. The lowest BCUT2D eigenvalue weighted by Crippen LogP contribution is -2.41. The average Bonchev–Trinajstić information content (AvgIpc) is 3.17. The van der Waals surface area contributed by atoms with E-state index < -0.39 is 0 Å². The number of carbonyl (C=O) groups is 1. The van der Waals surface area contributed by atoms with Gasteiger partial charge in [0, 0.05) is 24.6 Å². The number of esters is 1. The second-order valence-corrected chi connectivity index (χ2v) is 6.27. The Hall–Kier alpha value is -1.79. The normalized spacial score (nSPS) is 34.6. The molecule has 3 fully saturated rings. The summed E-state index contributed by atoms with van der Waals surface area (Å²) in [5.41, 5.74) is 0.657. The Labute approximate surface area is 125 Å². The van der Waals surface area contributed by atoms with Crippen molar-refractivity contribution < 1.29 is 9.53 Å². The van der Waals surface area contributed by atoms with E-state index in [-0.39, 0.29) is 17.3 Å². The zero-order valence-corrected chi connectivity index (χ0v) is 12.0. The van der Waals surface area contributed by atoms with E-state index in [4.69, 9.17) is 4.74 Å². The van der Waals surface area contributed by atoms with Gasteiger partial charge in [-0.15, -0.1) is 0 Å².